The van der Waals surface area contributed by atoms with Gasteiger partial charge in [-0.05, 0) is 37.2 Å². The predicted molar refractivity (Wildman–Crippen MR) is 117 cm³/mol. The molecule has 1 atom stereocenters. The Bertz CT molecular complexity index is 972. The van der Waals surface area contributed by atoms with Crippen LogP contribution in [0.1, 0.15) is 28.6 Å². The van der Waals surface area contributed by atoms with Crippen LogP contribution in [-0.4, -0.2) is 41.4 Å². The average molecular weight is 409 g/mol. The monoisotopic (exact) mass is 408 g/mol. The maximum Gasteiger partial charge on any atom is 0.206 e. The normalized spacial score (nSPS) is 16.7. The number of rotatable bonds is 7. The molecule has 1 fully saturated rings. The van der Waals surface area contributed by atoms with E-state index in [1.54, 1.807) is 12.1 Å². The number of ketones is 1. The summed E-state index contributed by atoms with van der Waals surface area (Å²) in [6.07, 6.45) is 1.31. The minimum absolute atomic E-state index is 0.116. The number of thiazole rings is 1. The van der Waals surface area contributed by atoms with Crippen LogP contribution in [0.25, 0.3) is 0 Å². The lowest BCUT2D eigenvalue weighted by Gasteiger charge is -2.15. The molecule has 2 aromatic carbocycles. The summed E-state index contributed by atoms with van der Waals surface area (Å²) in [5.41, 5.74) is 7.45. The van der Waals surface area contributed by atoms with Gasteiger partial charge in [0.05, 0.1) is 0 Å². The molecule has 0 saturated carbocycles. The maximum atomic E-state index is 12.6. The van der Waals surface area contributed by atoms with Gasteiger partial charge in [-0.25, -0.2) is 4.98 Å². The van der Waals surface area contributed by atoms with Crippen LogP contribution in [0.4, 0.5) is 16.6 Å². The molecule has 6 nitrogen and oxygen atoms in total. The lowest BCUT2D eigenvalue weighted by atomic mass is 10.1. The van der Waals surface area contributed by atoms with Crippen LogP contribution in [0, 0.1) is 0 Å². The summed E-state index contributed by atoms with van der Waals surface area (Å²) < 4.78 is 6.07. The molecule has 3 aromatic rings. The number of nitrogens with one attached hydrogen (secondary N) is 1. The van der Waals surface area contributed by atoms with Gasteiger partial charge in [0.1, 0.15) is 22.5 Å². The first-order valence-electron chi connectivity index (χ1n) is 9.74. The molecular weight excluding hydrogens is 384 g/mol. The highest BCUT2D eigenvalue weighted by molar-refractivity contribution is 7.18. The fourth-order valence-electron chi connectivity index (χ4n) is 3.38. The summed E-state index contributed by atoms with van der Waals surface area (Å²) in [4.78, 5) is 19.8. The number of ether oxygens (including phenoxy) is 1. The van der Waals surface area contributed by atoms with E-state index >= 15 is 0 Å². The van der Waals surface area contributed by atoms with Gasteiger partial charge in [-0.1, -0.05) is 48.6 Å². The van der Waals surface area contributed by atoms with Crippen molar-refractivity contribution in [1.29, 1.82) is 0 Å². The van der Waals surface area contributed by atoms with Crippen LogP contribution in [0.2, 0.25) is 0 Å². The Balaban J connectivity index is 1.40. The van der Waals surface area contributed by atoms with Gasteiger partial charge in [-0.15, -0.1) is 0 Å². The first-order chi connectivity index (χ1) is 14.1. The van der Waals surface area contributed by atoms with Crippen molar-refractivity contribution in [1.82, 2.24) is 9.88 Å². The molecule has 4 rings (SSSR count). The van der Waals surface area contributed by atoms with Gasteiger partial charge in [0.25, 0.3) is 0 Å². The van der Waals surface area contributed by atoms with E-state index in [0.29, 0.717) is 15.6 Å². The van der Waals surface area contributed by atoms with Gasteiger partial charge in [-0.3, -0.25) is 9.69 Å². The first-order valence-corrected chi connectivity index (χ1v) is 10.6. The number of carbonyl (C=O) groups is 1. The number of likely N-dealkylation sites (tertiary alicyclic amines) is 1. The molecule has 3 N–H and O–H groups in total. The maximum absolute atomic E-state index is 12.6. The Morgan fingerprint density at radius 1 is 1.24 bits per heavy atom. The van der Waals surface area contributed by atoms with Gasteiger partial charge < -0.3 is 15.8 Å². The largest absolute Gasteiger partial charge is 0.489 e. The molecule has 2 heterocycles. The van der Waals surface area contributed by atoms with Crippen LogP contribution >= 0.6 is 11.3 Å². The second-order valence-electron chi connectivity index (χ2n) is 7.00. The van der Waals surface area contributed by atoms with E-state index in [9.17, 15) is 4.79 Å². The smallest absolute Gasteiger partial charge is 0.206 e. The molecule has 29 heavy (non-hydrogen) atoms. The molecule has 150 valence electrons. The number of hydrogen-bond acceptors (Lipinski definition) is 7. The topological polar surface area (TPSA) is 80.5 Å². The van der Waals surface area contributed by atoms with Crippen LogP contribution < -0.4 is 15.8 Å². The van der Waals surface area contributed by atoms with Gasteiger partial charge in [0.2, 0.25) is 5.78 Å². The summed E-state index contributed by atoms with van der Waals surface area (Å²) in [6, 6.07) is 16.9. The van der Waals surface area contributed by atoms with Gasteiger partial charge in [0.15, 0.2) is 5.13 Å². The molecule has 1 unspecified atom stereocenters. The number of aromatic nitrogens is 1. The lowest BCUT2D eigenvalue weighted by molar-refractivity contribution is 0.104. The Labute approximate surface area is 174 Å². The van der Waals surface area contributed by atoms with Crippen molar-refractivity contribution in [3.63, 3.8) is 0 Å². The summed E-state index contributed by atoms with van der Waals surface area (Å²) in [5.74, 6) is 0.986. The zero-order valence-corrected chi connectivity index (χ0v) is 17.1. The van der Waals surface area contributed by atoms with Crippen molar-refractivity contribution in [2.24, 2.45) is 0 Å². The van der Waals surface area contributed by atoms with E-state index in [0.717, 1.165) is 37.5 Å². The van der Waals surface area contributed by atoms with Crippen LogP contribution in [0.15, 0.2) is 54.6 Å². The number of hydrogen-bond donors (Lipinski definition) is 2. The third kappa shape index (κ3) is 4.58. The Kier molecular flexibility index (Phi) is 5.78. The van der Waals surface area contributed by atoms with E-state index in [4.69, 9.17) is 10.5 Å². The number of nitrogen functional groups attached to an aromatic ring is 1. The van der Waals surface area contributed by atoms with E-state index < -0.39 is 0 Å². The quantitative estimate of drug-likeness (QED) is 0.571. The summed E-state index contributed by atoms with van der Waals surface area (Å²) in [5, 5.41) is 3.81. The standard InChI is InChI=1S/C22H24N4O2S/c1-2-26-13-12-18(14-26)28-17-10-8-16(9-11-17)24-22-25-21(23)20(29-22)19(27)15-6-4-3-5-7-15/h3-11,18H,2,12-14,23H2,1H3,(H,24,25). The predicted octanol–water partition coefficient (Wildman–Crippen LogP) is 4.17. The van der Waals surface area contributed by atoms with E-state index in [2.05, 4.69) is 22.1 Å². The molecule has 7 heteroatoms. The first kappa shape index (κ1) is 19.4. The van der Waals surface area contributed by atoms with Crippen LogP contribution in [0.3, 0.4) is 0 Å². The molecule has 0 amide bonds. The Morgan fingerprint density at radius 2 is 2.00 bits per heavy atom. The van der Waals surface area contributed by atoms with Crippen molar-refractivity contribution in [2.45, 2.75) is 19.4 Å². The van der Waals surface area contributed by atoms with Crippen LogP contribution in [-0.2, 0) is 0 Å². The fraction of sp³-hybridized carbons (Fsp3) is 0.273. The second kappa shape index (κ2) is 8.63. The Morgan fingerprint density at radius 3 is 2.69 bits per heavy atom. The SMILES string of the molecule is CCN1CCC(Oc2ccc(Nc3nc(N)c(C(=O)c4ccccc4)s3)cc2)C1. The lowest BCUT2D eigenvalue weighted by Crippen LogP contribution is -2.24. The average Bonchev–Trinajstić information content (AvgIpc) is 3.35. The van der Waals surface area contributed by atoms with Gasteiger partial charge >= 0.3 is 0 Å². The van der Waals surface area contributed by atoms with Crippen molar-refractivity contribution in [3.05, 3.63) is 65.0 Å². The van der Waals surface area contributed by atoms with Crippen LogP contribution in [0.5, 0.6) is 5.75 Å². The highest BCUT2D eigenvalue weighted by Crippen LogP contribution is 2.30. The van der Waals surface area contributed by atoms with E-state index in [-0.39, 0.29) is 17.7 Å². The van der Waals surface area contributed by atoms with Crippen molar-refractivity contribution < 1.29 is 9.53 Å². The highest BCUT2D eigenvalue weighted by Gasteiger charge is 2.22. The number of anilines is 3. The summed E-state index contributed by atoms with van der Waals surface area (Å²) >= 11 is 1.26. The third-order valence-corrected chi connectivity index (χ3v) is 5.97. The number of benzene rings is 2. The molecule has 0 aliphatic carbocycles. The van der Waals surface area contributed by atoms with Gasteiger partial charge in [-0.2, -0.15) is 0 Å². The van der Waals surface area contributed by atoms with Gasteiger partial charge in [0, 0.05) is 24.3 Å². The Hall–Kier alpha value is -2.90. The molecule has 1 saturated heterocycles. The number of carbonyl (C=O) groups excluding carboxylic acids is 1. The molecule has 0 spiro atoms. The summed E-state index contributed by atoms with van der Waals surface area (Å²) in [7, 11) is 0. The van der Waals surface area contributed by atoms with Crippen molar-refractivity contribution >= 4 is 33.8 Å². The van der Waals surface area contributed by atoms with Crippen molar-refractivity contribution in [2.75, 3.05) is 30.7 Å². The highest BCUT2D eigenvalue weighted by atomic mass is 32.1. The molecular formula is C22H24N4O2S. The molecule has 1 aromatic heterocycles. The number of nitrogens with zero attached hydrogens (tertiary/aromatic N) is 2. The minimum atomic E-state index is -0.116. The zero-order chi connectivity index (χ0) is 20.2. The second-order valence-corrected chi connectivity index (χ2v) is 8.00. The molecule has 0 radical (unpaired) electrons. The number of likely N-dealkylation sites (N-methyl/N-ethyl adjacent to an activating group) is 1. The molecule has 1 aliphatic heterocycles. The van der Waals surface area contributed by atoms with Crippen molar-refractivity contribution in [3.8, 4) is 5.75 Å². The number of nitrogens with two attached hydrogens (primary N) is 1. The summed E-state index contributed by atoms with van der Waals surface area (Å²) in [6.45, 7) is 5.31. The van der Waals surface area contributed by atoms with E-state index in [1.165, 1.54) is 11.3 Å². The zero-order valence-electron chi connectivity index (χ0n) is 16.3. The van der Waals surface area contributed by atoms with E-state index in [1.807, 2.05) is 42.5 Å². The molecule has 0 bridgehead atoms. The third-order valence-electron chi connectivity index (χ3n) is 4.98. The fourth-order valence-corrected chi connectivity index (χ4v) is 4.25. The minimum Gasteiger partial charge on any atom is -0.489 e. The molecule has 1 aliphatic rings.